The summed E-state index contributed by atoms with van der Waals surface area (Å²) in [5, 5.41) is 6.87. The van der Waals surface area contributed by atoms with E-state index >= 15 is 0 Å². The fraction of sp³-hybridized carbons (Fsp3) is 0.182. The number of fused-ring (bicyclic) bond motifs is 1. The summed E-state index contributed by atoms with van der Waals surface area (Å²) in [5.41, 5.74) is 7.90. The van der Waals surface area contributed by atoms with E-state index in [4.69, 9.17) is 40.5 Å². The van der Waals surface area contributed by atoms with E-state index < -0.39 is 5.56 Å². The van der Waals surface area contributed by atoms with E-state index in [9.17, 15) is 9.59 Å². The molecule has 33 heavy (non-hydrogen) atoms. The van der Waals surface area contributed by atoms with Crippen LogP contribution >= 0.6 is 34.8 Å². The van der Waals surface area contributed by atoms with E-state index in [0.29, 0.717) is 62.2 Å². The van der Waals surface area contributed by atoms with E-state index in [1.807, 2.05) is 19.1 Å². The van der Waals surface area contributed by atoms with Gasteiger partial charge in [0.15, 0.2) is 5.82 Å². The summed E-state index contributed by atoms with van der Waals surface area (Å²) in [6.45, 7) is 1.82. The van der Waals surface area contributed by atoms with Gasteiger partial charge in [0.25, 0.3) is 5.56 Å². The van der Waals surface area contributed by atoms with Crippen LogP contribution in [0.4, 0.5) is 5.69 Å². The predicted molar refractivity (Wildman–Crippen MR) is 130 cm³/mol. The first-order chi connectivity index (χ1) is 15.8. The first-order valence-corrected chi connectivity index (χ1v) is 11.2. The molecule has 0 atom stereocenters. The maximum atomic E-state index is 12.9. The number of halogens is 3. The molecule has 2 aliphatic heterocycles. The number of benzene rings is 2. The molecule has 4 rings (SSSR count). The van der Waals surface area contributed by atoms with Crippen LogP contribution in [0.5, 0.6) is 0 Å². The van der Waals surface area contributed by atoms with E-state index in [1.54, 1.807) is 28.9 Å². The van der Waals surface area contributed by atoms with Crippen LogP contribution in [-0.4, -0.2) is 32.2 Å². The lowest BCUT2D eigenvalue weighted by Gasteiger charge is -2.12. The number of H-pyrrole nitrogens is 1. The Balaban J connectivity index is 1.76. The highest BCUT2D eigenvalue weighted by atomic mass is 35.5. The fourth-order valence-corrected chi connectivity index (χ4v) is 4.47. The maximum absolute atomic E-state index is 12.9. The summed E-state index contributed by atoms with van der Waals surface area (Å²) in [6.07, 6.45) is 0.866. The molecule has 0 spiro atoms. The number of amides is 1. The lowest BCUT2D eigenvalue weighted by atomic mass is 10.1. The number of rotatable bonds is 6. The van der Waals surface area contributed by atoms with Crippen LogP contribution in [0.2, 0.25) is 15.1 Å². The number of aryl methyl sites for hydroxylation is 1. The van der Waals surface area contributed by atoms with Crippen LogP contribution in [0.3, 0.4) is 0 Å². The minimum absolute atomic E-state index is 0.0973. The Bertz CT molecular complexity index is 1340. The molecule has 0 bridgehead atoms. The standard InChI is InChI=1S/C22H19Cl3N6O2/c1-2-16-19-21(31(30-16)20-14(24)8-12(23)9-15(20)25)28-17(29-22(19)33)7-11-3-5-13(6-4-11)27-18(32)10-26/h3-6,8-9,30H,2,7,10,26H2,1H3,(H,27,32). The van der Waals surface area contributed by atoms with E-state index in [1.165, 1.54) is 0 Å². The Kier molecular flexibility index (Phi) is 6.71. The minimum atomic E-state index is -0.394. The Morgan fingerprint density at radius 1 is 1.12 bits per heavy atom. The van der Waals surface area contributed by atoms with Crippen molar-refractivity contribution in [2.24, 2.45) is 5.73 Å². The highest BCUT2D eigenvalue weighted by Gasteiger charge is 2.25. The summed E-state index contributed by atoms with van der Waals surface area (Å²) in [7, 11) is 0. The molecule has 0 fully saturated rings. The van der Waals surface area contributed by atoms with Gasteiger partial charge in [0.2, 0.25) is 5.91 Å². The lowest BCUT2D eigenvalue weighted by molar-refractivity contribution is -0.114. The molecule has 2 aromatic carbocycles. The highest BCUT2D eigenvalue weighted by molar-refractivity contribution is 6.40. The zero-order valence-corrected chi connectivity index (χ0v) is 19.7. The normalized spacial score (nSPS) is 11.2. The molecule has 2 aromatic rings. The third-order valence-electron chi connectivity index (χ3n) is 5.01. The molecule has 11 heteroatoms. The molecule has 0 unspecified atom stereocenters. The molecule has 8 nitrogen and oxygen atoms in total. The van der Waals surface area contributed by atoms with Gasteiger partial charge in [0.05, 0.1) is 16.6 Å². The number of aromatic amines is 1. The Labute approximate surface area is 204 Å². The van der Waals surface area contributed by atoms with Gasteiger partial charge in [-0.2, -0.15) is 4.98 Å². The van der Waals surface area contributed by atoms with Crippen molar-refractivity contribution >= 4 is 46.4 Å². The number of hydrogen-bond acceptors (Lipinski definition) is 5. The lowest BCUT2D eigenvalue weighted by Crippen LogP contribution is -2.21. The number of hydrogen-bond donors (Lipinski definition) is 3. The van der Waals surface area contributed by atoms with Gasteiger partial charge in [-0.25, -0.2) is 9.67 Å². The van der Waals surface area contributed by atoms with Crippen molar-refractivity contribution < 1.29 is 4.79 Å². The number of nitrogens with two attached hydrogens (primary N) is 1. The largest absolute Gasteiger partial charge is 0.325 e. The van der Waals surface area contributed by atoms with Crippen molar-refractivity contribution in [3.8, 4) is 17.1 Å². The monoisotopic (exact) mass is 504 g/mol. The molecule has 0 radical (unpaired) electrons. The summed E-state index contributed by atoms with van der Waals surface area (Å²) in [4.78, 5) is 33.2. The van der Waals surface area contributed by atoms with Crippen LogP contribution in [0, 0.1) is 0 Å². The first kappa shape index (κ1) is 23.3. The molecule has 0 saturated heterocycles. The zero-order valence-electron chi connectivity index (χ0n) is 17.5. The van der Waals surface area contributed by atoms with Crippen LogP contribution in [0.1, 0.15) is 24.0 Å². The van der Waals surface area contributed by atoms with Crippen LogP contribution < -0.4 is 16.6 Å². The molecule has 4 N–H and O–H groups in total. The van der Waals surface area contributed by atoms with Gasteiger partial charge in [-0.1, -0.05) is 53.9 Å². The maximum Gasteiger partial charge on any atom is 0.284 e. The molecule has 0 aliphatic carbocycles. The average molecular weight is 506 g/mol. The van der Waals surface area contributed by atoms with Gasteiger partial charge in [-0.15, -0.1) is 0 Å². The third-order valence-corrected chi connectivity index (χ3v) is 5.80. The minimum Gasteiger partial charge on any atom is -0.325 e. The van der Waals surface area contributed by atoms with Crippen LogP contribution in [0.15, 0.2) is 41.2 Å². The summed E-state index contributed by atoms with van der Waals surface area (Å²) < 4.78 is 1.59. The molecule has 1 amide bonds. The van der Waals surface area contributed by atoms with Crippen molar-refractivity contribution in [3.63, 3.8) is 0 Å². The van der Waals surface area contributed by atoms with Crippen molar-refractivity contribution in [1.29, 1.82) is 0 Å². The Morgan fingerprint density at radius 2 is 1.79 bits per heavy atom. The van der Waals surface area contributed by atoms with Gasteiger partial charge >= 0.3 is 0 Å². The zero-order chi connectivity index (χ0) is 23.7. The topological polar surface area (TPSA) is 119 Å². The number of anilines is 1. The van der Waals surface area contributed by atoms with Crippen LogP contribution in [0.25, 0.3) is 17.1 Å². The fourth-order valence-electron chi connectivity index (χ4n) is 3.49. The molecular weight excluding hydrogens is 487 g/mol. The summed E-state index contributed by atoms with van der Waals surface area (Å²) >= 11 is 18.9. The van der Waals surface area contributed by atoms with Gasteiger partial charge < -0.3 is 11.1 Å². The second-order valence-corrected chi connectivity index (χ2v) is 8.52. The van der Waals surface area contributed by atoms with Gasteiger partial charge in [-0.05, 0) is 36.2 Å². The SMILES string of the molecule is CCc1[nH]n(-c2c(Cl)cc(Cl)cc2Cl)c2nc(Cc3ccc(NC(=O)CN)cc3)nc(=O)c1-2. The Morgan fingerprint density at radius 3 is 2.39 bits per heavy atom. The van der Waals surface area contributed by atoms with Crippen molar-refractivity contribution in [3.05, 3.63) is 78.9 Å². The molecule has 2 aliphatic rings. The van der Waals surface area contributed by atoms with Crippen molar-refractivity contribution in [2.75, 3.05) is 11.9 Å². The molecule has 170 valence electrons. The van der Waals surface area contributed by atoms with Crippen LogP contribution in [-0.2, 0) is 17.6 Å². The second-order valence-electron chi connectivity index (χ2n) is 7.27. The molecule has 2 heterocycles. The Hall–Kier alpha value is -2.91. The third kappa shape index (κ3) is 4.74. The van der Waals surface area contributed by atoms with Gasteiger partial charge in [-0.3, -0.25) is 14.7 Å². The quantitative estimate of drug-likeness (QED) is 0.365. The molecular formula is C22H19Cl3N6O2. The smallest absolute Gasteiger partial charge is 0.284 e. The number of aromatic nitrogens is 4. The number of nitrogens with one attached hydrogen (secondary N) is 2. The predicted octanol–water partition coefficient (Wildman–Crippen LogP) is 4.07. The molecule has 0 aromatic heterocycles. The van der Waals surface area contributed by atoms with Crippen molar-refractivity contribution in [1.82, 2.24) is 19.7 Å². The number of carbonyl (C=O) groups excluding carboxylic acids is 1. The summed E-state index contributed by atoms with van der Waals surface area (Å²) in [6, 6.07) is 10.3. The molecule has 0 saturated carbocycles. The van der Waals surface area contributed by atoms with Gasteiger partial charge in [0, 0.05) is 22.8 Å². The first-order valence-electron chi connectivity index (χ1n) is 10.0. The van der Waals surface area contributed by atoms with Crippen molar-refractivity contribution in [2.45, 2.75) is 19.8 Å². The highest BCUT2D eigenvalue weighted by Crippen LogP contribution is 2.35. The second kappa shape index (κ2) is 9.52. The van der Waals surface area contributed by atoms with E-state index in [0.717, 1.165) is 5.56 Å². The van der Waals surface area contributed by atoms with Gasteiger partial charge in [0.1, 0.15) is 17.1 Å². The number of carbonyl (C=O) groups is 1. The average Bonchev–Trinajstić information content (AvgIpc) is 3.13. The van der Waals surface area contributed by atoms with E-state index in [2.05, 4.69) is 20.4 Å². The summed E-state index contributed by atoms with van der Waals surface area (Å²) in [5.74, 6) is 0.429. The van der Waals surface area contributed by atoms with E-state index in [-0.39, 0.29) is 12.5 Å². The number of nitrogens with zero attached hydrogens (tertiary/aromatic N) is 3.